The minimum absolute atomic E-state index is 0.0395. The Bertz CT molecular complexity index is 2190. The molecule has 3 fully saturated rings. The summed E-state index contributed by atoms with van der Waals surface area (Å²) in [5.74, 6) is -4.42. The number of imide groups is 1. The lowest BCUT2D eigenvalue weighted by molar-refractivity contribution is -0.142. The summed E-state index contributed by atoms with van der Waals surface area (Å²) < 4.78 is 33.7. The highest BCUT2D eigenvalue weighted by molar-refractivity contribution is 6.04. The number of carbonyl (C=O) groups excluding carboxylic acids is 4. The molecular formula is C36H42F2N10O5. The second kappa shape index (κ2) is 12.7. The van der Waals surface area contributed by atoms with E-state index in [1.54, 1.807) is 34.0 Å². The maximum Gasteiger partial charge on any atom is 0.329 e. The molecule has 4 aromatic rings. The van der Waals surface area contributed by atoms with Gasteiger partial charge in [0.15, 0.2) is 5.69 Å². The number of para-hydroxylation sites is 1. The van der Waals surface area contributed by atoms with E-state index in [9.17, 15) is 32.8 Å². The van der Waals surface area contributed by atoms with E-state index in [0.29, 0.717) is 68.8 Å². The Morgan fingerprint density at radius 3 is 2.66 bits per heavy atom. The number of benzene rings is 1. The highest BCUT2D eigenvalue weighted by Gasteiger charge is 2.78. The number of fused-ring (bicyclic) bond motifs is 3. The summed E-state index contributed by atoms with van der Waals surface area (Å²) in [4.78, 5) is 66.4. The minimum atomic E-state index is -2.74. The summed E-state index contributed by atoms with van der Waals surface area (Å²) in [6.45, 7) is 5.76. The maximum absolute atomic E-state index is 14.3. The molecule has 1 saturated carbocycles. The van der Waals surface area contributed by atoms with Crippen molar-refractivity contribution in [1.82, 2.24) is 39.3 Å². The number of hydrogen-bond acceptors (Lipinski definition) is 8. The third-order valence-electron chi connectivity index (χ3n) is 12.1. The van der Waals surface area contributed by atoms with Crippen molar-refractivity contribution in [3.05, 3.63) is 58.0 Å². The van der Waals surface area contributed by atoms with Crippen LogP contribution in [0.3, 0.4) is 0 Å². The largest absolute Gasteiger partial charge is 0.370 e. The Morgan fingerprint density at radius 1 is 1.17 bits per heavy atom. The summed E-state index contributed by atoms with van der Waals surface area (Å²) in [7, 11) is 1.74. The number of amides is 4. The molecule has 280 valence electrons. The van der Waals surface area contributed by atoms with E-state index in [0.717, 1.165) is 16.7 Å². The normalized spacial score (nSPS) is 22.8. The van der Waals surface area contributed by atoms with Crippen molar-refractivity contribution in [2.45, 2.75) is 70.4 Å². The summed E-state index contributed by atoms with van der Waals surface area (Å²) in [6.07, 6.45) is 5.72. The number of imidazole rings is 1. The Labute approximate surface area is 302 Å². The predicted octanol–water partition coefficient (Wildman–Crippen LogP) is 2.80. The van der Waals surface area contributed by atoms with Gasteiger partial charge in [0.25, 0.3) is 11.8 Å². The highest BCUT2D eigenvalue weighted by atomic mass is 19.3. The zero-order chi connectivity index (χ0) is 37.4. The summed E-state index contributed by atoms with van der Waals surface area (Å²) in [5, 5.41) is 16.3. The van der Waals surface area contributed by atoms with Crippen molar-refractivity contribution in [3.63, 3.8) is 0 Å². The minimum Gasteiger partial charge on any atom is -0.370 e. The standard InChI is InChI=1S/C36H42F2N10O5/c1-20(7-8-29(50)39-19-49)48-27-6-4-5-26(31(27)44(3)34(48)53)45-11-9-21(10-12-45)33(52)46-17-23(18-46)47-16-22(15-40-47)41-32(51)30-24-13-28-35(2,36(28,37)38)14-25(24)42-43-30/h4-6,15-16,19-21,23,28H,7-14,17-18H2,1-3H3,(H,41,51)(H,42,43)(H,39,49,50). The van der Waals surface area contributed by atoms with Crippen LogP contribution >= 0.6 is 0 Å². The van der Waals surface area contributed by atoms with Crippen LogP contribution in [0.1, 0.15) is 73.4 Å². The van der Waals surface area contributed by atoms with Gasteiger partial charge in [0.05, 0.1) is 34.6 Å². The topological polar surface area (TPSA) is 172 Å². The molecule has 3 aromatic heterocycles. The lowest BCUT2D eigenvalue weighted by Gasteiger charge is -2.42. The van der Waals surface area contributed by atoms with Crippen molar-refractivity contribution < 1.29 is 28.0 Å². The van der Waals surface area contributed by atoms with Gasteiger partial charge in [-0.3, -0.25) is 43.4 Å². The van der Waals surface area contributed by atoms with Gasteiger partial charge in [-0.2, -0.15) is 10.2 Å². The van der Waals surface area contributed by atoms with E-state index in [4.69, 9.17) is 0 Å². The molecule has 3 atom stereocenters. The monoisotopic (exact) mass is 732 g/mol. The van der Waals surface area contributed by atoms with Gasteiger partial charge < -0.3 is 15.1 Å². The smallest absolute Gasteiger partial charge is 0.329 e. The molecule has 2 saturated heterocycles. The van der Waals surface area contributed by atoms with E-state index >= 15 is 0 Å². The molecule has 4 amide bonds. The fraction of sp³-hybridized carbons (Fsp3) is 0.528. The van der Waals surface area contributed by atoms with Crippen molar-refractivity contribution in [3.8, 4) is 0 Å². The van der Waals surface area contributed by atoms with E-state index in [1.807, 2.05) is 30.0 Å². The van der Waals surface area contributed by atoms with Crippen LogP contribution in [-0.4, -0.2) is 90.2 Å². The average Bonchev–Trinajstić information content (AvgIpc) is 3.63. The number of nitrogens with zero attached hydrogens (tertiary/aromatic N) is 7. The van der Waals surface area contributed by atoms with E-state index in [2.05, 4.69) is 30.8 Å². The van der Waals surface area contributed by atoms with Gasteiger partial charge in [0, 0.05) is 86.8 Å². The lowest BCUT2D eigenvalue weighted by atomic mass is 9.87. The third kappa shape index (κ3) is 5.62. The molecule has 0 radical (unpaired) electrons. The van der Waals surface area contributed by atoms with Crippen LogP contribution in [-0.2, 0) is 34.3 Å². The van der Waals surface area contributed by atoms with E-state index < -0.39 is 23.2 Å². The Balaban J connectivity index is 0.847. The van der Waals surface area contributed by atoms with Crippen LogP contribution in [0.15, 0.2) is 35.4 Å². The van der Waals surface area contributed by atoms with E-state index in [-0.39, 0.29) is 60.5 Å². The molecule has 1 aromatic carbocycles. The molecule has 17 heteroatoms. The molecule has 0 spiro atoms. The number of aromatic nitrogens is 6. The molecular weight excluding hydrogens is 690 g/mol. The van der Waals surface area contributed by atoms with Crippen LogP contribution in [0, 0.1) is 17.3 Å². The molecule has 0 bridgehead atoms. The van der Waals surface area contributed by atoms with Crippen molar-refractivity contribution in [2.24, 2.45) is 24.3 Å². The first-order valence-corrected chi connectivity index (χ1v) is 18.1. The fourth-order valence-electron chi connectivity index (χ4n) is 8.72. The fourth-order valence-corrected chi connectivity index (χ4v) is 8.72. The number of anilines is 2. The number of likely N-dealkylation sites (tertiary alicyclic amines) is 1. The van der Waals surface area contributed by atoms with Crippen molar-refractivity contribution in [1.29, 1.82) is 0 Å². The van der Waals surface area contributed by atoms with E-state index in [1.165, 1.54) is 6.20 Å². The van der Waals surface area contributed by atoms with Gasteiger partial charge in [-0.05, 0) is 44.7 Å². The number of alkyl halides is 2. The quantitative estimate of drug-likeness (QED) is 0.209. The summed E-state index contributed by atoms with van der Waals surface area (Å²) in [5.41, 5.74) is 2.96. The maximum atomic E-state index is 14.3. The Morgan fingerprint density at radius 2 is 1.92 bits per heavy atom. The van der Waals surface area contributed by atoms with Crippen molar-refractivity contribution >= 4 is 46.5 Å². The molecule has 4 aliphatic rings. The number of aryl methyl sites for hydroxylation is 1. The first-order chi connectivity index (χ1) is 25.3. The van der Waals surface area contributed by atoms with Gasteiger partial charge in [-0.1, -0.05) is 13.0 Å². The second-order valence-corrected chi connectivity index (χ2v) is 15.3. The molecule has 5 heterocycles. The predicted molar refractivity (Wildman–Crippen MR) is 189 cm³/mol. The number of nitrogens with one attached hydrogen (secondary N) is 3. The van der Waals surface area contributed by atoms with Gasteiger partial charge in [0.2, 0.25) is 18.2 Å². The molecule has 8 rings (SSSR count). The Kier molecular flexibility index (Phi) is 8.29. The molecule has 3 unspecified atom stereocenters. The summed E-state index contributed by atoms with van der Waals surface area (Å²) in [6, 6.07) is 5.50. The van der Waals surface area contributed by atoms with Gasteiger partial charge in [-0.15, -0.1) is 0 Å². The zero-order valence-electron chi connectivity index (χ0n) is 29.8. The zero-order valence-corrected chi connectivity index (χ0v) is 29.8. The van der Waals surface area contributed by atoms with Gasteiger partial charge in [0.1, 0.15) is 0 Å². The number of halogens is 2. The molecule has 3 N–H and O–H groups in total. The first kappa shape index (κ1) is 34.7. The highest BCUT2D eigenvalue weighted by Crippen LogP contribution is 2.70. The molecule has 2 aliphatic heterocycles. The molecule has 15 nitrogen and oxygen atoms in total. The number of carbonyl (C=O) groups is 4. The number of rotatable bonds is 10. The van der Waals surface area contributed by atoms with Crippen LogP contribution < -0.4 is 21.2 Å². The first-order valence-electron chi connectivity index (χ1n) is 18.1. The lowest BCUT2D eigenvalue weighted by Crippen LogP contribution is -2.54. The number of H-pyrrole nitrogens is 1. The SMILES string of the molecule is CC(CCC(=O)NC=O)n1c(=O)n(C)c2c(N3CCC(C(=O)N4CC(n5cc(NC(=O)c6n[nH]c7c6CC6C(F)(F)C6(C)C7)cn5)C4)CC3)cccc21. The van der Waals surface area contributed by atoms with Crippen molar-refractivity contribution in [2.75, 3.05) is 36.4 Å². The Hall–Kier alpha value is -5.35. The van der Waals surface area contributed by atoms with Crippen LogP contribution in [0.4, 0.5) is 20.2 Å². The van der Waals surface area contributed by atoms with Crippen LogP contribution in [0.5, 0.6) is 0 Å². The molecule has 53 heavy (non-hydrogen) atoms. The second-order valence-electron chi connectivity index (χ2n) is 15.3. The number of piperidine rings is 1. The van der Waals surface area contributed by atoms with Crippen LogP contribution in [0.2, 0.25) is 0 Å². The average molecular weight is 733 g/mol. The molecule has 2 aliphatic carbocycles. The third-order valence-corrected chi connectivity index (χ3v) is 12.1. The van der Waals surface area contributed by atoms with Gasteiger partial charge in [-0.25, -0.2) is 13.6 Å². The van der Waals surface area contributed by atoms with Crippen LogP contribution in [0.25, 0.3) is 11.0 Å². The summed E-state index contributed by atoms with van der Waals surface area (Å²) >= 11 is 0. The number of hydrogen-bond donors (Lipinski definition) is 3. The number of aromatic amines is 1. The van der Waals surface area contributed by atoms with Gasteiger partial charge >= 0.3 is 5.69 Å².